The number of aromatic nitrogens is 3. The van der Waals surface area contributed by atoms with Crippen LogP contribution in [0.25, 0.3) is 11.5 Å². The molecule has 0 radical (unpaired) electrons. The number of rotatable bonds is 3. The van der Waals surface area contributed by atoms with E-state index in [1.165, 1.54) is 0 Å². The number of carbonyl (C=O) groups is 1. The van der Waals surface area contributed by atoms with Gasteiger partial charge in [0.1, 0.15) is 0 Å². The van der Waals surface area contributed by atoms with E-state index >= 15 is 0 Å². The molecule has 1 aromatic carbocycles. The fraction of sp³-hybridized carbons (Fsp3) is 0.333. The average molecular weight is 362 g/mol. The highest BCUT2D eigenvalue weighted by Gasteiger charge is 2.28. The normalized spacial score (nSPS) is 15.1. The summed E-state index contributed by atoms with van der Waals surface area (Å²) in [7, 11) is 0. The van der Waals surface area contributed by atoms with E-state index in [0.29, 0.717) is 24.9 Å². The molecule has 0 spiro atoms. The third-order valence-electron chi connectivity index (χ3n) is 5.03. The van der Waals surface area contributed by atoms with E-state index in [1.54, 1.807) is 6.20 Å². The summed E-state index contributed by atoms with van der Waals surface area (Å²) in [5.41, 5.74) is 3.67. The molecule has 6 nitrogen and oxygen atoms in total. The average Bonchev–Trinajstić information content (AvgIpc) is 3.19. The minimum Gasteiger partial charge on any atom is -0.420 e. The van der Waals surface area contributed by atoms with Crippen molar-refractivity contribution in [2.24, 2.45) is 0 Å². The molecular formula is C21H22N4O2. The predicted octanol–water partition coefficient (Wildman–Crippen LogP) is 3.77. The van der Waals surface area contributed by atoms with Crippen LogP contribution in [0.2, 0.25) is 0 Å². The van der Waals surface area contributed by atoms with Gasteiger partial charge in [-0.05, 0) is 51.0 Å². The van der Waals surface area contributed by atoms with Gasteiger partial charge in [0, 0.05) is 36.5 Å². The summed E-state index contributed by atoms with van der Waals surface area (Å²) >= 11 is 0. The van der Waals surface area contributed by atoms with Gasteiger partial charge in [-0.1, -0.05) is 17.7 Å². The molecule has 1 fully saturated rings. The van der Waals surface area contributed by atoms with Gasteiger partial charge >= 0.3 is 0 Å². The Morgan fingerprint density at radius 3 is 2.44 bits per heavy atom. The Bertz CT molecular complexity index is 924. The lowest BCUT2D eigenvalue weighted by molar-refractivity contribution is 0.0706. The number of hydrogen-bond donors (Lipinski definition) is 0. The van der Waals surface area contributed by atoms with Gasteiger partial charge in [0.25, 0.3) is 5.91 Å². The van der Waals surface area contributed by atoms with Crippen molar-refractivity contribution in [3.8, 4) is 11.5 Å². The summed E-state index contributed by atoms with van der Waals surface area (Å²) < 4.78 is 5.88. The van der Waals surface area contributed by atoms with Gasteiger partial charge in [-0.25, -0.2) is 0 Å². The summed E-state index contributed by atoms with van der Waals surface area (Å²) in [6, 6.07) is 11.6. The van der Waals surface area contributed by atoms with Crippen molar-refractivity contribution in [2.75, 3.05) is 13.1 Å². The number of carbonyl (C=O) groups excluding carboxylic acids is 1. The van der Waals surface area contributed by atoms with Crippen LogP contribution in [0.3, 0.4) is 0 Å². The molecule has 1 aliphatic rings. The fourth-order valence-electron chi connectivity index (χ4n) is 3.32. The summed E-state index contributed by atoms with van der Waals surface area (Å²) in [6.07, 6.45) is 3.40. The Balaban J connectivity index is 1.40. The van der Waals surface area contributed by atoms with Crippen molar-refractivity contribution >= 4 is 5.91 Å². The number of amides is 1. The number of pyridine rings is 1. The lowest BCUT2D eigenvalue weighted by atomic mass is 9.96. The summed E-state index contributed by atoms with van der Waals surface area (Å²) in [5, 5.41) is 8.39. The monoisotopic (exact) mass is 362 g/mol. The minimum atomic E-state index is 0.0883. The van der Waals surface area contributed by atoms with Crippen LogP contribution in [-0.2, 0) is 0 Å². The van der Waals surface area contributed by atoms with E-state index in [1.807, 2.05) is 55.1 Å². The van der Waals surface area contributed by atoms with Crippen molar-refractivity contribution < 1.29 is 9.21 Å². The van der Waals surface area contributed by atoms with E-state index in [4.69, 9.17) is 4.42 Å². The van der Waals surface area contributed by atoms with Crippen LogP contribution in [-0.4, -0.2) is 39.1 Å². The highest BCUT2D eigenvalue weighted by atomic mass is 16.4. The lowest BCUT2D eigenvalue weighted by Crippen LogP contribution is -2.38. The SMILES string of the molecule is Cc1ccc(C(=O)N2CCC(c3nnc(-c4ccc(C)nc4)o3)CC2)cc1. The van der Waals surface area contributed by atoms with Crippen LogP contribution in [0.1, 0.15) is 46.3 Å². The highest BCUT2D eigenvalue weighted by Crippen LogP contribution is 2.29. The first-order valence-electron chi connectivity index (χ1n) is 9.22. The largest absolute Gasteiger partial charge is 0.420 e. The zero-order valence-corrected chi connectivity index (χ0v) is 15.6. The van der Waals surface area contributed by atoms with Crippen molar-refractivity contribution in [1.29, 1.82) is 0 Å². The Morgan fingerprint density at radius 1 is 1.04 bits per heavy atom. The summed E-state index contributed by atoms with van der Waals surface area (Å²) in [4.78, 5) is 18.8. The molecule has 1 saturated heterocycles. The molecule has 0 aliphatic carbocycles. The summed E-state index contributed by atoms with van der Waals surface area (Å²) in [6.45, 7) is 5.35. The molecule has 27 heavy (non-hydrogen) atoms. The highest BCUT2D eigenvalue weighted by molar-refractivity contribution is 5.94. The second-order valence-electron chi connectivity index (χ2n) is 7.07. The number of hydrogen-bond acceptors (Lipinski definition) is 5. The molecule has 1 amide bonds. The number of nitrogens with zero attached hydrogens (tertiary/aromatic N) is 4. The minimum absolute atomic E-state index is 0.0883. The van der Waals surface area contributed by atoms with Gasteiger partial charge in [0.05, 0.1) is 5.56 Å². The standard InChI is InChI=1S/C21H22N4O2/c1-14-3-6-17(7-4-14)21(26)25-11-9-16(10-12-25)19-23-24-20(27-19)18-8-5-15(2)22-13-18/h3-8,13,16H,9-12H2,1-2H3. The maximum Gasteiger partial charge on any atom is 0.253 e. The van der Waals surface area contributed by atoms with Crippen LogP contribution < -0.4 is 0 Å². The van der Waals surface area contributed by atoms with Crippen molar-refractivity contribution in [3.05, 3.63) is 65.3 Å². The molecule has 6 heteroatoms. The first-order chi connectivity index (χ1) is 13.1. The molecular weight excluding hydrogens is 340 g/mol. The van der Waals surface area contributed by atoms with E-state index in [9.17, 15) is 4.79 Å². The van der Waals surface area contributed by atoms with Crippen LogP contribution >= 0.6 is 0 Å². The van der Waals surface area contributed by atoms with Gasteiger partial charge in [-0.2, -0.15) is 0 Å². The molecule has 4 rings (SSSR count). The molecule has 138 valence electrons. The molecule has 0 bridgehead atoms. The Hall–Kier alpha value is -3.02. The van der Waals surface area contributed by atoms with E-state index in [0.717, 1.165) is 35.2 Å². The van der Waals surface area contributed by atoms with Gasteiger partial charge in [0.2, 0.25) is 11.8 Å². The van der Waals surface area contributed by atoms with Crippen LogP contribution in [0.15, 0.2) is 47.0 Å². The number of piperidine rings is 1. The van der Waals surface area contributed by atoms with Crippen molar-refractivity contribution in [2.45, 2.75) is 32.6 Å². The van der Waals surface area contributed by atoms with Crippen molar-refractivity contribution in [1.82, 2.24) is 20.1 Å². The quantitative estimate of drug-likeness (QED) is 0.709. The molecule has 1 aliphatic heterocycles. The first kappa shape index (κ1) is 17.4. The molecule has 3 heterocycles. The Kier molecular flexibility index (Phi) is 4.71. The van der Waals surface area contributed by atoms with Gasteiger partial charge in [-0.15, -0.1) is 10.2 Å². The zero-order chi connectivity index (χ0) is 18.8. The third-order valence-corrected chi connectivity index (χ3v) is 5.03. The van der Waals surface area contributed by atoms with E-state index in [2.05, 4.69) is 15.2 Å². The first-order valence-corrected chi connectivity index (χ1v) is 9.22. The topological polar surface area (TPSA) is 72.1 Å². The Labute approximate surface area is 158 Å². The second-order valence-corrected chi connectivity index (χ2v) is 7.07. The predicted molar refractivity (Wildman–Crippen MR) is 101 cm³/mol. The Morgan fingerprint density at radius 2 is 1.78 bits per heavy atom. The molecule has 0 saturated carbocycles. The molecule has 0 atom stereocenters. The van der Waals surface area contributed by atoms with Crippen LogP contribution in [0.5, 0.6) is 0 Å². The molecule has 3 aromatic rings. The lowest BCUT2D eigenvalue weighted by Gasteiger charge is -2.30. The molecule has 0 N–H and O–H groups in total. The molecule has 2 aromatic heterocycles. The zero-order valence-electron chi connectivity index (χ0n) is 15.6. The fourth-order valence-corrected chi connectivity index (χ4v) is 3.32. The molecule has 0 unspecified atom stereocenters. The number of benzene rings is 1. The smallest absolute Gasteiger partial charge is 0.253 e. The van der Waals surface area contributed by atoms with E-state index in [-0.39, 0.29) is 11.8 Å². The number of likely N-dealkylation sites (tertiary alicyclic amines) is 1. The second kappa shape index (κ2) is 7.31. The van der Waals surface area contributed by atoms with Crippen LogP contribution in [0, 0.1) is 13.8 Å². The third kappa shape index (κ3) is 3.74. The van der Waals surface area contributed by atoms with Gasteiger partial charge < -0.3 is 9.32 Å². The maximum absolute atomic E-state index is 12.6. The number of aryl methyl sites for hydroxylation is 2. The van der Waals surface area contributed by atoms with Crippen LogP contribution in [0.4, 0.5) is 0 Å². The summed E-state index contributed by atoms with van der Waals surface area (Å²) in [5.74, 6) is 1.42. The van der Waals surface area contributed by atoms with Gasteiger partial charge in [-0.3, -0.25) is 9.78 Å². The maximum atomic E-state index is 12.6. The van der Waals surface area contributed by atoms with Crippen molar-refractivity contribution in [3.63, 3.8) is 0 Å². The van der Waals surface area contributed by atoms with Gasteiger partial charge in [0.15, 0.2) is 0 Å². The van der Waals surface area contributed by atoms with E-state index < -0.39 is 0 Å².